The van der Waals surface area contributed by atoms with E-state index in [9.17, 15) is 19.7 Å². The van der Waals surface area contributed by atoms with Crippen molar-refractivity contribution in [3.05, 3.63) is 51.7 Å². The van der Waals surface area contributed by atoms with Gasteiger partial charge in [-0.05, 0) is 12.5 Å². The van der Waals surface area contributed by atoms with Crippen molar-refractivity contribution < 1.29 is 19.6 Å². The molecule has 0 spiro atoms. The molecule has 1 amide bonds. The summed E-state index contributed by atoms with van der Waals surface area (Å²) in [5.41, 5.74) is 0.557. The largest absolute Gasteiger partial charge is 0.477 e. The minimum Gasteiger partial charge on any atom is -0.477 e. The Bertz CT molecular complexity index is 682. The predicted molar refractivity (Wildman–Crippen MR) is 71.3 cm³/mol. The van der Waals surface area contributed by atoms with Crippen molar-refractivity contribution in [2.45, 2.75) is 18.9 Å². The van der Waals surface area contributed by atoms with Gasteiger partial charge in [0, 0.05) is 24.0 Å². The molecule has 2 heterocycles. The zero-order valence-corrected chi connectivity index (χ0v) is 10.9. The Balaban J connectivity index is 1.88. The minimum absolute atomic E-state index is 0.0140. The maximum atomic E-state index is 11.5. The van der Waals surface area contributed by atoms with Gasteiger partial charge >= 0.3 is 5.97 Å². The van der Waals surface area contributed by atoms with Crippen molar-refractivity contribution in [1.29, 1.82) is 0 Å². The number of nitro groups is 1. The number of benzene rings is 1. The summed E-state index contributed by atoms with van der Waals surface area (Å²) in [6.07, 6.45) is 2.18. The molecule has 0 aromatic heterocycles. The van der Waals surface area contributed by atoms with Crippen molar-refractivity contribution in [1.82, 2.24) is 4.90 Å². The molecule has 1 unspecified atom stereocenters. The number of β-lactam (4-membered cyclic amide) rings is 1. The maximum absolute atomic E-state index is 11.5. The van der Waals surface area contributed by atoms with Crippen molar-refractivity contribution in [3.63, 3.8) is 0 Å². The lowest BCUT2D eigenvalue weighted by atomic mass is 9.87. The van der Waals surface area contributed by atoms with Crippen LogP contribution in [-0.4, -0.2) is 32.8 Å². The van der Waals surface area contributed by atoms with Crippen LogP contribution in [0.1, 0.15) is 12.0 Å². The van der Waals surface area contributed by atoms with Gasteiger partial charge in [-0.3, -0.25) is 14.9 Å². The number of fused-ring (bicyclic) bond motifs is 1. The third kappa shape index (κ3) is 2.06. The average Bonchev–Trinajstić information content (AvgIpc) is 2.72. The number of nitrogens with zero attached hydrogens (tertiary/aromatic N) is 2. The van der Waals surface area contributed by atoms with Gasteiger partial charge in [0.05, 0.1) is 11.0 Å². The van der Waals surface area contributed by atoms with Crippen LogP contribution in [0.15, 0.2) is 36.0 Å². The molecule has 1 fully saturated rings. The van der Waals surface area contributed by atoms with Gasteiger partial charge in [0.2, 0.25) is 5.91 Å². The maximum Gasteiger partial charge on any atom is 0.352 e. The van der Waals surface area contributed by atoms with Crippen LogP contribution in [0.25, 0.3) is 0 Å². The standard InChI is InChI=1S/C14H12N2O5/c17-13-7-11-9(6-12(14(18)19)15(11)13)5-8-3-1-2-4-10(8)16(20)21/h1-4,6,9,11H,5,7H2,(H,18,19)/t9?,11-/m0/s1. The number of amides is 1. The Morgan fingerprint density at radius 3 is 2.71 bits per heavy atom. The van der Waals surface area contributed by atoms with Gasteiger partial charge in [-0.1, -0.05) is 18.2 Å². The SMILES string of the molecule is O=C(O)C1=CC(Cc2ccccc2[N+](=O)[O-])[C@@H]2CC(=O)N12. The first-order valence-electron chi connectivity index (χ1n) is 6.48. The number of carbonyl (C=O) groups excluding carboxylic acids is 1. The van der Waals surface area contributed by atoms with Gasteiger partial charge in [0.1, 0.15) is 5.70 Å². The van der Waals surface area contributed by atoms with Crippen molar-refractivity contribution in [2.75, 3.05) is 0 Å². The quantitative estimate of drug-likeness (QED) is 0.512. The Hall–Kier alpha value is -2.70. The van der Waals surface area contributed by atoms with Crippen LogP contribution in [-0.2, 0) is 16.0 Å². The van der Waals surface area contributed by atoms with E-state index < -0.39 is 10.9 Å². The zero-order valence-electron chi connectivity index (χ0n) is 10.9. The fourth-order valence-corrected chi connectivity index (χ4v) is 2.98. The highest BCUT2D eigenvalue weighted by Gasteiger charge is 2.49. The van der Waals surface area contributed by atoms with Gasteiger partial charge in [0.15, 0.2) is 0 Å². The van der Waals surface area contributed by atoms with Gasteiger partial charge in [-0.15, -0.1) is 0 Å². The molecule has 3 rings (SSSR count). The first-order chi connectivity index (χ1) is 9.99. The minimum atomic E-state index is -1.14. The molecular weight excluding hydrogens is 276 g/mol. The monoisotopic (exact) mass is 288 g/mol. The second-order valence-electron chi connectivity index (χ2n) is 5.15. The summed E-state index contributed by atoms with van der Waals surface area (Å²) in [5, 5.41) is 20.1. The van der Waals surface area contributed by atoms with E-state index in [1.807, 2.05) is 0 Å². The van der Waals surface area contributed by atoms with Crippen LogP contribution < -0.4 is 0 Å². The number of carboxylic acid groups (broad SMARTS) is 1. The number of nitro benzene ring substituents is 1. The van der Waals surface area contributed by atoms with E-state index in [4.69, 9.17) is 5.11 Å². The molecule has 0 radical (unpaired) electrons. The second-order valence-corrected chi connectivity index (χ2v) is 5.15. The number of aliphatic carboxylic acids is 1. The molecule has 2 aliphatic heterocycles. The molecule has 7 heteroatoms. The highest BCUT2D eigenvalue weighted by molar-refractivity contribution is 5.97. The topological polar surface area (TPSA) is 101 Å². The van der Waals surface area contributed by atoms with Crippen molar-refractivity contribution in [3.8, 4) is 0 Å². The lowest BCUT2D eigenvalue weighted by molar-refractivity contribution is -0.385. The third-order valence-electron chi connectivity index (χ3n) is 3.97. The van der Waals surface area contributed by atoms with Crippen LogP contribution in [0.4, 0.5) is 5.69 Å². The summed E-state index contributed by atoms with van der Waals surface area (Å²) in [6, 6.07) is 6.20. The molecular formula is C14H12N2O5. The number of carboxylic acids is 1. The highest BCUT2D eigenvalue weighted by atomic mass is 16.6. The van der Waals surface area contributed by atoms with E-state index in [2.05, 4.69) is 0 Å². The van der Waals surface area contributed by atoms with Crippen molar-refractivity contribution >= 4 is 17.6 Å². The van der Waals surface area contributed by atoms with E-state index in [1.54, 1.807) is 18.2 Å². The molecule has 1 saturated heterocycles. The lowest BCUT2D eigenvalue weighted by Crippen LogP contribution is -2.52. The molecule has 2 atom stereocenters. The van der Waals surface area contributed by atoms with Gasteiger partial charge < -0.3 is 10.0 Å². The van der Waals surface area contributed by atoms with Gasteiger partial charge in [-0.25, -0.2) is 4.79 Å². The smallest absolute Gasteiger partial charge is 0.352 e. The third-order valence-corrected chi connectivity index (χ3v) is 3.97. The highest BCUT2D eigenvalue weighted by Crippen LogP contribution is 2.40. The number of rotatable bonds is 4. The first-order valence-corrected chi connectivity index (χ1v) is 6.48. The van der Waals surface area contributed by atoms with Crippen LogP contribution in [0.3, 0.4) is 0 Å². The summed E-state index contributed by atoms with van der Waals surface area (Å²) in [6.45, 7) is 0. The molecule has 1 N–H and O–H groups in total. The molecule has 1 aromatic carbocycles. The van der Waals surface area contributed by atoms with Gasteiger partial charge in [-0.2, -0.15) is 0 Å². The predicted octanol–water partition coefficient (Wildman–Crippen LogP) is 1.34. The lowest BCUT2D eigenvalue weighted by Gasteiger charge is -2.38. The second kappa shape index (κ2) is 4.69. The molecule has 1 aromatic rings. The van der Waals surface area contributed by atoms with Crippen molar-refractivity contribution in [2.24, 2.45) is 5.92 Å². The number of hydrogen-bond donors (Lipinski definition) is 1. The molecule has 21 heavy (non-hydrogen) atoms. The van der Waals surface area contributed by atoms with E-state index in [0.29, 0.717) is 18.4 Å². The Labute approximate surface area is 119 Å². The normalized spacial score (nSPS) is 23.3. The molecule has 7 nitrogen and oxygen atoms in total. The van der Waals surface area contributed by atoms with Gasteiger partial charge in [0.25, 0.3) is 5.69 Å². The van der Waals surface area contributed by atoms with E-state index >= 15 is 0 Å². The summed E-state index contributed by atoms with van der Waals surface area (Å²) < 4.78 is 0. The summed E-state index contributed by atoms with van der Waals surface area (Å²) in [4.78, 5) is 34.5. The summed E-state index contributed by atoms with van der Waals surface area (Å²) >= 11 is 0. The number of hydrogen-bond acceptors (Lipinski definition) is 4. The number of para-hydroxylation sites is 1. The molecule has 2 aliphatic rings. The number of carbonyl (C=O) groups is 2. The zero-order chi connectivity index (χ0) is 15.1. The molecule has 0 aliphatic carbocycles. The summed E-state index contributed by atoms with van der Waals surface area (Å²) in [7, 11) is 0. The van der Waals surface area contributed by atoms with E-state index in [-0.39, 0.29) is 29.3 Å². The molecule has 0 saturated carbocycles. The van der Waals surface area contributed by atoms with Crippen LogP contribution >= 0.6 is 0 Å². The average molecular weight is 288 g/mol. The fourth-order valence-electron chi connectivity index (χ4n) is 2.98. The molecule has 108 valence electrons. The Morgan fingerprint density at radius 2 is 2.14 bits per heavy atom. The van der Waals surface area contributed by atoms with E-state index in [1.165, 1.54) is 17.0 Å². The first kappa shape index (κ1) is 13.3. The molecule has 0 bridgehead atoms. The Morgan fingerprint density at radius 1 is 1.43 bits per heavy atom. The van der Waals surface area contributed by atoms with Crippen LogP contribution in [0.2, 0.25) is 0 Å². The Kier molecular flexibility index (Phi) is 2.97. The fraction of sp³-hybridized carbons (Fsp3) is 0.286. The van der Waals surface area contributed by atoms with E-state index in [0.717, 1.165) is 0 Å². The van der Waals surface area contributed by atoms with Crippen LogP contribution in [0, 0.1) is 16.0 Å². The van der Waals surface area contributed by atoms with Crippen LogP contribution in [0.5, 0.6) is 0 Å². The summed E-state index contributed by atoms with van der Waals surface area (Å²) in [5.74, 6) is -1.55.